The number of hydrogen-bond acceptors (Lipinski definition) is 3. The van der Waals surface area contributed by atoms with Crippen LogP contribution in [0.25, 0.3) is 0 Å². The number of esters is 1. The number of hydrogen-bond donors (Lipinski definition) is 0. The van der Waals surface area contributed by atoms with Crippen molar-refractivity contribution in [2.75, 3.05) is 6.61 Å². The van der Waals surface area contributed by atoms with Gasteiger partial charge < -0.3 is 4.74 Å². The molecular formula is C11H10BrFO3. The van der Waals surface area contributed by atoms with Gasteiger partial charge in [-0.2, -0.15) is 0 Å². The van der Waals surface area contributed by atoms with E-state index in [1.54, 1.807) is 13.8 Å². The molecule has 0 bridgehead atoms. The first-order valence-corrected chi connectivity index (χ1v) is 5.43. The first kappa shape index (κ1) is 12.8. The largest absolute Gasteiger partial charge is 0.460 e. The van der Waals surface area contributed by atoms with Crippen molar-refractivity contribution in [2.45, 2.75) is 13.8 Å². The number of ketones is 1. The molecule has 86 valence electrons. The van der Waals surface area contributed by atoms with E-state index in [0.717, 1.165) is 0 Å². The molecule has 0 aliphatic carbocycles. The summed E-state index contributed by atoms with van der Waals surface area (Å²) in [4.78, 5) is 22.8. The van der Waals surface area contributed by atoms with E-state index < -0.39 is 17.6 Å². The van der Waals surface area contributed by atoms with Gasteiger partial charge in [-0.15, -0.1) is 0 Å². The van der Waals surface area contributed by atoms with E-state index in [2.05, 4.69) is 20.7 Å². The monoisotopic (exact) mass is 288 g/mol. The summed E-state index contributed by atoms with van der Waals surface area (Å²) in [5.74, 6) is -2.16. The third-order valence-electron chi connectivity index (χ3n) is 1.97. The smallest absolute Gasteiger partial charge is 0.379 e. The first-order chi connectivity index (χ1) is 7.47. The van der Waals surface area contributed by atoms with E-state index >= 15 is 0 Å². The van der Waals surface area contributed by atoms with Gasteiger partial charge in [0, 0.05) is 5.56 Å². The van der Waals surface area contributed by atoms with Gasteiger partial charge in [-0.25, -0.2) is 9.18 Å². The van der Waals surface area contributed by atoms with Crippen LogP contribution in [0, 0.1) is 12.7 Å². The van der Waals surface area contributed by atoms with Gasteiger partial charge in [0.15, 0.2) is 0 Å². The topological polar surface area (TPSA) is 43.4 Å². The molecule has 0 aliphatic heterocycles. The van der Waals surface area contributed by atoms with E-state index in [1.165, 1.54) is 12.1 Å². The lowest BCUT2D eigenvalue weighted by molar-refractivity contribution is -0.137. The number of Topliss-reactive ketones (excluding diaryl/α,β-unsaturated/α-hetero) is 1. The number of aryl methyl sites for hydroxylation is 1. The minimum atomic E-state index is -0.927. The Kier molecular flexibility index (Phi) is 4.18. The Balaban J connectivity index is 3.09. The van der Waals surface area contributed by atoms with E-state index in [9.17, 15) is 14.0 Å². The van der Waals surface area contributed by atoms with Crippen LogP contribution in [-0.2, 0) is 9.53 Å². The second kappa shape index (κ2) is 5.21. The molecule has 0 amide bonds. The normalized spacial score (nSPS) is 10.0. The van der Waals surface area contributed by atoms with Gasteiger partial charge in [0.2, 0.25) is 0 Å². The standard InChI is InChI=1S/C11H10BrFO3/c1-3-16-11(15)10(14)7-5-8(12)9(13)4-6(7)2/h4-5H,3H2,1-2H3. The van der Waals surface area contributed by atoms with Crippen LogP contribution in [0.2, 0.25) is 0 Å². The van der Waals surface area contributed by atoms with E-state index in [4.69, 9.17) is 0 Å². The van der Waals surface area contributed by atoms with Crippen LogP contribution in [0.1, 0.15) is 22.8 Å². The number of rotatable bonds is 3. The lowest BCUT2D eigenvalue weighted by Crippen LogP contribution is -2.18. The van der Waals surface area contributed by atoms with Crippen molar-refractivity contribution in [3.8, 4) is 0 Å². The summed E-state index contributed by atoms with van der Waals surface area (Å²) in [6.45, 7) is 3.30. The first-order valence-electron chi connectivity index (χ1n) is 4.64. The van der Waals surface area contributed by atoms with Crippen molar-refractivity contribution in [3.63, 3.8) is 0 Å². The van der Waals surface area contributed by atoms with Gasteiger partial charge in [-0.3, -0.25) is 4.79 Å². The van der Waals surface area contributed by atoms with Crippen molar-refractivity contribution in [3.05, 3.63) is 33.5 Å². The second-order valence-corrected chi connectivity index (χ2v) is 3.99. The Labute approximate surface area is 101 Å². The van der Waals surface area contributed by atoms with E-state index in [-0.39, 0.29) is 16.6 Å². The predicted octanol–water partition coefficient (Wildman–Crippen LogP) is 2.64. The van der Waals surface area contributed by atoms with Crippen molar-refractivity contribution in [1.29, 1.82) is 0 Å². The summed E-state index contributed by atoms with van der Waals surface area (Å²) in [6, 6.07) is 2.47. The Hall–Kier alpha value is -1.23. The SMILES string of the molecule is CCOC(=O)C(=O)c1cc(Br)c(F)cc1C. The highest BCUT2D eigenvalue weighted by Gasteiger charge is 2.20. The maximum absolute atomic E-state index is 13.1. The van der Waals surface area contributed by atoms with Crippen LogP contribution in [0.4, 0.5) is 4.39 Å². The van der Waals surface area contributed by atoms with E-state index in [0.29, 0.717) is 5.56 Å². The highest BCUT2D eigenvalue weighted by molar-refractivity contribution is 9.10. The Morgan fingerprint density at radius 3 is 2.62 bits per heavy atom. The average Bonchev–Trinajstić information content (AvgIpc) is 2.23. The van der Waals surface area contributed by atoms with Gasteiger partial charge in [-0.05, 0) is 47.5 Å². The Morgan fingerprint density at radius 1 is 1.44 bits per heavy atom. The number of benzene rings is 1. The minimum Gasteiger partial charge on any atom is -0.460 e. The van der Waals surface area contributed by atoms with Crippen LogP contribution in [0.15, 0.2) is 16.6 Å². The summed E-state index contributed by atoms with van der Waals surface area (Å²) in [7, 11) is 0. The molecule has 0 N–H and O–H groups in total. The van der Waals surface area contributed by atoms with Crippen molar-refractivity contribution in [1.82, 2.24) is 0 Å². The van der Waals surface area contributed by atoms with Crippen molar-refractivity contribution in [2.24, 2.45) is 0 Å². The molecule has 16 heavy (non-hydrogen) atoms. The van der Waals surface area contributed by atoms with E-state index in [1.807, 2.05) is 0 Å². The number of ether oxygens (including phenoxy) is 1. The van der Waals surface area contributed by atoms with Gasteiger partial charge in [0.05, 0.1) is 11.1 Å². The average molecular weight is 289 g/mol. The van der Waals surface area contributed by atoms with Crippen molar-refractivity contribution < 1.29 is 18.7 Å². The zero-order chi connectivity index (χ0) is 12.3. The molecule has 0 atom stereocenters. The molecule has 0 unspecified atom stereocenters. The van der Waals surface area contributed by atoms with Crippen molar-refractivity contribution >= 4 is 27.7 Å². The quantitative estimate of drug-likeness (QED) is 0.488. The Bertz CT molecular complexity index is 443. The molecular weight excluding hydrogens is 279 g/mol. The highest BCUT2D eigenvalue weighted by atomic mass is 79.9. The second-order valence-electron chi connectivity index (χ2n) is 3.13. The van der Waals surface area contributed by atoms with Gasteiger partial charge in [0.25, 0.3) is 5.78 Å². The number of halogens is 2. The molecule has 1 rings (SSSR count). The third-order valence-corrected chi connectivity index (χ3v) is 2.58. The molecule has 0 spiro atoms. The lowest BCUT2D eigenvalue weighted by atomic mass is 10.0. The van der Waals surface area contributed by atoms with Gasteiger partial charge >= 0.3 is 5.97 Å². The molecule has 1 aromatic carbocycles. The van der Waals surface area contributed by atoms with Crippen LogP contribution in [0.3, 0.4) is 0 Å². The lowest BCUT2D eigenvalue weighted by Gasteiger charge is -2.05. The maximum atomic E-state index is 13.1. The van der Waals surface area contributed by atoms with Gasteiger partial charge in [-0.1, -0.05) is 0 Å². The fraction of sp³-hybridized carbons (Fsp3) is 0.273. The summed E-state index contributed by atoms with van der Waals surface area (Å²) in [6.07, 6.45) is 0. The molecule has 0 heterocycles. The highest BCUT2D eigenvalue weighted by Crippen LogP contribution is 2.21. The zero-order valence-electron chi connectivity index (χ0n) is 8.84. The summed E-state index contributed by atoms with van der Waals surface area (Å²) in [5.41, 5.74) is 0.547. The van der Waals surface area contributed by atoms with Crippen LogP contribution < -0.4 is 0 Å². The molecule has 0 fully saturated rings. The fourth-order valence-electron chi connectivity index (χ4n) is 1.20. The zero-order valence-corrected chi connectivity index (χ0v) is 10.4. The van der Waals surface area contributed by atoms with Gasteiger partial charge in [0.1, 0.15) is 5.82 Å². The molecule has 5 heteroatoms. The fourth-order valence-corrected chi connectivity index (χ4v) is 1.54. The molecule has 0 saturated carbocycles. The third kappa shape index (κ3) is 2.66. The summed E-state index contributed by atoms with van der Waals surface area (Å²) in [5, 5.41) is 0. The Morgan fingerprint density at radius 2 is 2.06 bits per heavy atom. The molecule has 0 saturated heterocycles. The van der Waals surface area contributed by atoms with Crippen LogP contribution >= 0.6 is 15.9 Å². The predicted molar refractivity (Wildman–Crippen MR) is 59.8 cm³/mol. The molecule has 1 aromatic rings. The molecule has 3 nitrogen and oxygen atoms in total. The molecule has 0 aliphatic rings. The summed E-state index contributed by atoms with van der Waals surface area (Å²) < 4.78 is 17.8. The molecule has 0 aromatic heterocycles. The minimum absolute atomic E-state index is 0.131. The number of carbonyl (C=O) groups excluding carboxylic acids is 2. The van der Waals surface area contributed by atoms with Crippen LogP contribution in [-0.4, -0.2) is 18.4 Å². The maximum Gasteiger partial charge on any atom is 0.379 e. The number of carbonyl (C=O) groups is 2. The molecule has 0 radical (unpaired) electrons. The van der Waals surface area contributed by atoms with Crippen LogP contribution in [0.5, 0.6) is 0 Å². The summed E-state index contributed by atoms with van der Waals surface area (Å²) >= 11 is 2.96.